The highest BCUT2D eigenvalue weighted by Crippen LogP contribution is 2.18. The van der Waals surface area contributed by atoms with Crippen molar-refractivity contribution in [3.8, 4) is 0 Å². The maximum absolute atomic E-state index is 12.8. The normalized spacial score (nSPS) is 10.1. The second-order valence-electron chi connectivity index (χ2n) is 4.21. The van der Waals surface area contributed by atoms with E-state index in [1.807, 2.05) is 0 Å². The van der Waals surface area contributed by atoms with Crippen LogP contribution in [0.15, 0.2) is 42.5 Å². The standard InChI is InChI=1S/C15H9FO5/c16-10-4-1-8(2-5-10)13(17)12-7-9(14(18)19)3-6-11(12)15(20)21/h1-7H,(H,18,19)(H,20,21). The molecule has 0 atom stereocenters. The minimum absolute atomic E-state index is 0.0708. The number of carboxylic acids is 2. The van der Waals surface area contributed by atoms with Crippen LogP contribution in [0.1, 0.15) is 36.6 Å². The zero-order valence-electron chi connectivity index (χ0n) is 10.5. The van der Waals surface area contributed by atoms with Crippen LogP contribution in [0, 0.1) is 5.82 Å². The molecule has 0 aliphatic rings. The lowest BCUT2D eigenvalue weighted by Crippen LogP contribution is -2.11. The summed E-state index contributed by atoms with van der Waals surface area (Å²) in [5, 5.41) is 18.0. The quantitative estimate of drug-likeness (QED) is 0.843. The van der Waals surface area contributed by atoms with Crippen LogP contribution in [-0.2, 0) is 0 Å². The van der Waals surface area contributed by atoms with Gasteiger partial charge in [-0.05, 0) is 42.5 Å². The van der Waals surface area contributed by atoms with Crippen LogP contribution in [0.2, 0.25) is 0 Å². The van der Waals surface area contributed by atoms with Gasteiger partial charge in [0.1, 0.15) is 5.82 Å². The van der Waals surface area contributed by atoms with E-state index in [4.69, 9.17) is 10.2 Å². The molecule has 21 heavy (non-hydrogen) atoms. The number of aromatic carboxylic acids is 2. The largest absolute Gasteiger partial charge is 0.478 e. The molecule has 2 rings (SSSR count). The van der Waals surface area contributed by atoms with Gasteiger partial charge in [-0.3, -0.25) is 4.79 Å². The Morgan fingerprint density at radius 2 is 1.33 bits per heavy atom. The van der Waals surface area contributed by atoms with E-state index in [0.29, 0.717) is 0 Å². The van der Waals surface area contributed by atoms with Gasteiger partial charge in [0, 0.05) is 11.1 Å². The molecule has 0 radical (unpaired) electrons. The van der Waals surface area contributed by atoms with Crippen molar-refractivity contribution in [1.82, 2.24) is 0 Å². The van der Waals surface area contributed by atoms with Crippen LogP contribution in [0.3, 0.4) is 0 Å². The molecule has 2 aromatic rings. The third-order valence-corrected chi connectivity index (χ3v) is 2.85. The number of carboxylic acid groups (broad SMARTS) is 2. The summed E-state index contributed by atoms with van der Waals surface area (Å²) >= 11 is 0. The Hall–Kier alpha value is -3.02. The van der Waals surface area contributed by atoms with Crippen molar-refractivity contribution < 1.29 is 29.0 Å². The van der Waals surface area contributed by atoms with Crippen LogP contribution in [0.5, 0.6) is 0 Å². The molecule has 0 fully saturated rings. The number of benzene rings is 2. The van der Waals surface area contributed by atoms with Crippen LogP contribution < -0.4 is 0 Å². The first-order valence-corrected chi connectivity index (χ1v) is 5.81. The molecule has 0 amide bonds. The number of halogens is 1. The molecule has 0 saturated carbocycles. The molecule has 2 N–H and O–H groups in total. The molecular formula is C15H9FO5. The highest BCUT2D eigenvalue weighted by Gasteiger charge is 2.20. The molecule has 0 aromatic heterocycles. The number of hydrogen-bond donors (Lipinski definition) is 2. The molecule has 0 unspecified atom stereocenters. The fourth-order valence-electron chi connectivity index (χ4n) is 1.81. The molecule has 106 valence electrons. The fraction of sp³-hybridized carbons (Fsp3) is 0. The monoisotopic (exact) mass is 288 g/mol. The van der Waals surface area contributed by atoms with Gasteiger partial charge in [0.25, 0.3) is 0 Å². The first kappa shape index (κ1) is 14.4. The third-order valence-electron chi connectivity index (χ3n) is 2.85. The molecule has 0 bridgehead atoms. The summed E-state index contributed by atoms with van der Waals surface area (Å²) in [6.45, 7) is 0. The van der Waals surface area contributed by atoms with Gasteiger partial charge in [-0.15, -0.1) is 0 Å². The summed E-state index contributed by atoms with van der Waals surface area (Å²) in [7, 11) is 0. The second kappa shape index (κ2) is 5.54. The smallest absolute Gasteiger partial charge is 0.336 e. The molecule has 0 aliphatic heterocycles. The van der Waals surface area contributed by atoms with Crippen molar-refractivity contribution in [1.29, 1.82) is 0 Å². The minimum Gasteiger partial charge on any atom is -0.478 e. The predicted molar refractivity (Wildman–Crippen MR) is 70.2 cm³/mol. The van der Waals surface area contributed by atoms with Crippen molar-refractivity contribution >= 4 is 17.7 Å². The second-order valence-corrected chi connectivity index (χ2v) is 4.21. The SMILES string of the molecule is O=C(O)c1ccc(C(=O)O)c(C(=O)c2ccc(F)cc2)c1. The van der Waals surface area contributed by atoms with Gasteiger partial charge in [0.2, 0.25) is 0 Å². The molecule has 2 aromatic carbocycles. The first-order valence-electron chi connectivity index (χ1n) is 5.81. The third kappa shape index (κ3) is 2.94. The molecule has 0 spiro atoms. The van der Waals surface area contributed by atoms with E-state index < -0.39 is 23.5 Å². The topological polar surface area (TPSA) is 91.7 Å². The van der Waals surface area contributed by atoms with Crippen LogP contribution >= 0.6 is 0 Å². The summed E-state index contributed by atoms with van der Waals surface area (Å²) in [6.07, 6.45) is 0. The van der Waals surface area contributed by atoms with Crippen molar-refractivity contribution in [2.24, 2.45) is 0 Å². The van der Waals surface area contributed by atoms with Gasteiger partial charge in [-0.25, -0.2) is 14.0 Å². The Labute approximate surface area is 118 Å². The Morgan fingerprint density at radius 1 is 0.762 bits per heavy atom. The van der Waals surface area contributed by atoms with Gasteiger partial charge < -0.3 is 10.2 Å². The highest BCUT2D eigenvalue weighted by atomic mass is 19.1. The number of rotatable bonds is 4. The van der Waals surface area contributed by atoms with Gasteiger partial charge in [-0.1, -0.05) is 0 Å². The Kier molecular flexibility index (Phi) is 3.80. The van der Waals surface area contributed by atoms with E-state index in [9.17, 15) is 18.8 Å². The van der Waals surface area contributed by atoms with Crippen molar-refractivity contribution in [3.05, 3.63) is 70.5 Å². The van der Waals surface area contributed by atoms with Crippen molar-refractivity contribution in [2.45, 2.75) is 0 Å². The van der Waals surface area contributed by atoms with E-state index in [1.165, 1.54) is 12.1 Å². The summed E-state index contributed by atoms with van der Waals surface area (Å²) in [6, 6.07) is 7.70. The molecule has 0 heterocycles. The number of hydrogen-bond acceptors (Lipinski definition) is 3. The molecule has 0 saturated heterocycles. The van der Waals surface area contributed by atoms with Crippen LogP contribution in [-0.4, -0.2) is 27.9 Å². The van der Waals surface area contributed by atoms with Crippen LogP contribution in [0.4, 0.5) is 4.39 Å². The summed E-state index contributed by atoms with van der Waals surface area (Å²) in [5.41, 5.74) is -0.699. The average Bonchev–Trinajstić information content (AvgIpc) is 2.46. The summed E-state index contributed by atoms with van der Waals surface area (Å²) in [5.74, 6) is -3.85. The number of carbonyl (C=O) groups excluding carboxylic acids is 1. The van der Waals surface area contributed by atoms with Gasteiger partial charge >= 0.3 is 11.9 Å². The predicted octanol–water partition coefficient (Wildman–Crippen LogP) is 2.45. The Bertz CT molecular complexity index is 734. The van der Waals surface area contributed by atoms with Crippen molar-refractivity contribution in [2.75, 3.05) is 0 Å². The van der Waals surface area contributed by atoms with Gasteiger partial charge in [0.05, 0.1) is 11.1 Å². The van der Waals surface area contributed by atoms with E-state index in [-0.39, 0.29) is 22.3 Å². The Balaban J connectivity index is 2.56. The summed E-state index contributed by atoms with van der Waals surface area (Å²) in [4.78, 5) is 34.3. The van der Waals surface area contributed by atoms with E-state index >= 15 is 0 Å². The van der Waals surface area contributed by atoms with Crippen LogP contribution in [0.25, 0.3) is 0 Å². The van der Waals surface area contributed by atoms with Gasteiger partial charge in [-0.2, -0.15) is 0 Å². The number of carbonyl (C=O) groups is 3. The molecule has 0 aliphatic carbocycles. The lowest BCUT2D eigenvalue weighted by molar-refractivity contribution is 0.0679. The molecular weight excluding hydrogens is 279 g/mol. The highest BCUT2D eigenvalue weighted by molar-refractivity contribution is 6.15. The Morgan fingerprint density at radius 3 is 1.86 bits per heavy atom. The molecule has 5 nitrogen and oxygen atoms in total. The fourth-order valence-corrected chi connectivity index (χ4v) is 1.81. The van der Waals surface area contributed by atoms with E-state index in [0.717, 1.165) is 30.3 Å². The first-order chi connectivity index (χ1) is 9.90. The average molecular weight is 288 g/mol. The zero-order valence-corrected chi connectivity index (χ0v) is 10.5. The summed E-state index contributed by atoms with van der Waals surface area (Å²) < 4.78 is 12.8. The maximum atomic E-state index is 12.8. The van der Waals surface area contributed by atoms with E-state index in [1.54, 1.807) is 0 Å². The maximum Gasteiger partial charge on any atom is 0.336 e. The lowest BCUT2D eigenvalue weighted by Gasteiger charge is -2.07. The van der Waals surface area contributed by atoms with E-state index in [2.05, 4.69) is 0 Å². The van der Waals surface area contributed by atoms with Crippen molar-refractivity contribution in [3.63, 3.8) is 0 Å². The number of ketones is 1. The lowest BCUT2D eigenvalue weighted by atomic mass is 9.96. The zero-order chi connectivity index (χ0) is 15.6. The minimum atomic E-state index is -1.35. The van der Waals surface area contributed by atoms with Gasteiger partial charge in [0.15, 0.2) is 5.78 Å². The molecule has 6 heteroatoms.